The number of carboxylic acids is 1. The average Bonchev–Trinajstić information content (AvgIpc) is 2.76. The number of carbonyl (C=O) groups is 2. The summed E-state index contributed by atoms with van der Waals surface area (Å²) < 4.78 is 0. The van der Waals surface area contributed by atoms with Gasteiger partial charge in [0.1, 0.15) is 0 Å². The molecule has 1 aliphatic carbocycles. The second kappa shape index (κ2) is 4.44. The van der Waals surface area contributed by atoms with E-state index < -0.39 is 11.9 Å². The Labute approximate surface area is 96.6 Å². The second-order valence-electron chi connectivity index (χ2n) is 5.23. The summed E-state index contributed by atoms with van der Waals surface area (Å²) in [5.41, 5.74) is -0.386. The average molecular weight is 227 g/mol. The van der Waals surface area contributed by atoms with Crippen molar-refractivity contribution < 1.29 is 14.7 Å². The molecular formula is C12H21NO3. The maximum atomic E-state index is 12.0. The van der Waals surface area contributed by atoms with Gasteiger partial charge < -0.3 is 10.0 Å². The first-order valence-electron chi connectivity index (χ1n) is 5.81. The normalized spacial score (nSPS) is 26.2. The van der Waals surface area contributed by atoms with Crippen LogP contribution in [0.5, 0.6) is 0 Å². The van der Waals surface area contributed by atoms with E-state index >= 15 is 0 Å². The van der Waals surface area contributed by atoms with Gasteiger partial charge in [0.2, 0.25) is 5.91 Å². The molecule has 4 nitrogen and oxygen atoms in total. The van der Waals surface area contributed by atoms with Crippen LogP contribution in [0.1, 0.15) is 33.6 Å². The van der Waals surface area contributed by atoms with Gasteiger partial charge in [-0.2, -0.15) is 0 Å². The van der Waals surface area contributed by atoms with Gasteiger partial charge in [-0.15, -0.1) is 0 Å². The molecule has 1 amide bonds. The molecule has 1 fully saturated rings. The van der Waals surface area contributed by atoms with E-state index in [1.54, 1.807) is 11.9 Å². The van der Waals surface area contributed by atoms with Crippen LogP contribution in [0, 0.1) is 17.3 Å². The first-order valence-corrected chi connectivity index (χ1v) is 5.81. The lowest BCUT2D eigenvalue weighted by Gasteiger charge is -2.17. The lowest BCUT2D eigenvalue weighted by molar-refractivity contribution is -0.141. The minimum absolute atomic E-state index is 0.0224. The lowest BCUT2D eigenvalue weighted by atomic mass is 10.1. The van der Waals surface area contributed by atoms with Crippen molar-refractivity contribution in [3.8, 4) is 0 Å². The summed E-state index contributed by atoms with van der Waals surface area (Å²) in [4.78, 5) is 24.6. The molecule has 1 aliphatic rings. The number of carbonyl (C=O) groups excluding carboxylic acids is 1. The maximum Gasteiger partial charge on any atom is 0.307 e. The number of aliphatic carboxylic acids is 1. The number of amides is 1. The highest BCUT2D eigenvalue weighted by Gasteiger charge is 2.66. The van der Waals surface area contributed by atoms with E-state index in [4.69, 9.17) is 5.11 Å². The second-order valence-corrected chi connectivity index (χ2v) is 5.23. The maximum absolute atomic E-state index is 12.0. The highest BCUT2D eigenvalue weighted by Crippen LogP contribution is 2.58. The third kappa shape index (κ3) is 2.20. The van der Waals surface area contributed by atoms with Gasteiger partial charge in [0.25, 0.3) is 0 Å². The number of hydrogen-bond acceptors (Lipinski definition) is 2. The van der Waals surface area contributed by atoms with Crippen LogP contribution in [-0.2, 0) is 9.59 Å². The Kier molecular flexibility index (Phi) is 3.61. The van der Waals surface area contributed by atoms with Crippen molar-refractivity contribution >= 4 is 11.9 Å². The van der Waals surface area contributed by atoms with Crippen molar-refractivity contribution in [1.82, 2.24) is 4.90 Å². The molecule has 16 heavy (non-hydrogen) atoms. The number of carboxylic acid groups (broad SMARTS) is 1. The molecule has 0 spiro atoms. The predicted molar refractivity (Wildman–Crippen MR) is 60.9 cm³/mol. The first kappa shape index (κ1) is 13.0. The van der Waals surface area contributed by atoms with Crippen molar-refractivity contribution in [3.05, 3.63) is 0 Å². The van der Waals surface area contributed by atoms with E-state index in [0.29, 0.717) is 6.54 Å². The molecule has 1 N–H and O–H groups in total. The number of nitrogens with zero attached hydrogens (tertiary/aromatic N) is 1. The monoisotopic (exact) mass is 227 g/mol. The fourth-order valence-electron chi connectivity index (χ4n) is 2.30. The number of unbranched alkanes of at least 4 members (excludes halogenated alkanes) is 1. The molecule has 0 radical (unpaired) electrons. The van der Waals surface area contributed by atoms with Crippen LogP contribution in [0.2, 0.25) is 0 Å². The van der Waals surface area contributed by atoms with Crippen LogP contribution in [0.15, 0.2) is 0 Å². The van der Waals surface area contributed by atoms with Gasteiger partial charge in [0.05, 0.1) is 11.8 Å². The van der Waals surface area contributed by atoms with Gasteiger partial charge in [-0.25, -0.2) is 0 Å². The zero-order chi connectivity index (χ0) is 12.5. The molecule has 0 aliphatic heterocycles. The van der Waals surface area contributed by atoms with Crippen LogP contribution >= 0.6 is 0 Å². The minimum Gasteiger partial charge on any atom is -0.481 e. The Hall–Kier alpha value is -1.06. The standard InChI is InChI=1S/C12H21NO3/c1-5-6-7-13(4)10(14)8-9(11(15)16)12(8,2)3/h8-9H,5-7H2,1-4H3,(H,15,16)/t8-,9+/m1/s1. The Morgan fingerprint density at radius 3 is 2.25 bits per heavy atom. The highest BCUT2D eigenvalue weighted by molar-refractivity contribution is 5.91. The summed E-state index contributed by atoms with van der Waals surface area (Å²) in [6, 6.07) is 0. The lowest BCUT2D eigenvalue weighted by Crippen LogP contribution is -2.30. The SMILES string of the molecule is CCCCN(C)C(=O)[C@H]1[C@@H](C(=O)O)C1(C)C. The summed E-state index contributed by atoms with van der Waals surface area (Å²) in [6.45, 7) is 6.48. The summed E-state index contributed by atoms with van der Waals surface area (Å²) in [6.07, 6.45) is 2.00. The van der Waals surface area contributed by atoms with Crippen LogP contribution < -0.4 is 0 Å². The Bertz CT molecular complexity index is 299. The quantitative estimate of drug-likeness (QED) is 0.776. The molecule has 0 saturated heterocycles. The smallest absolute Gasteiger partial charge is 0.307 e. The van der Waals surface area contributed by atoms with E-state index in [1.807, 2.05) is 13.8 Å². The third-order valence-corrected chi connectivity index (χ3v) is 3.58. The fraction of sp³-hybridized carbons (Fsp3) is 0.833. The van der Waals surface area contributed by atoms with Gasteiger partial charge in [0.15, 0.2) is 0 Å². The first-order chi connectivity index (χ1) is 7.34. The van der Waals surface area contributed by atoms with Gasteiger partial charge in [-0.3, -0.25) is 9.59 Å². The zero-order valence-electron chi connectivity index (χ0n) is 10.5. The molecule has 4 heteroatoms. The summed E-state index contributed by atoms with van der Waals surface area (Å²) in [7, 11) is 1.76. The summed E-state index contributed by atoms with van der Waals surface area (Å²) >= 11 is 0. The molecule has 1 saturated carbocycles. The fourth-order valence-corrected chi connectivity index (χ4v) is 2.30. The van der Waals surface area contributed by atoms with Crippen molar-refractivity contribution in [2.75, 3.05) is 13.6 Å². The predicted octanol–water partition coefficient (Wildman–Crippen LogP) is 1.60. The largest absolute Gasteiger partial charge is 0.481 e. The van der Waals surface area contributed by atoms with E-state index in [0.717, 1.165) is 12.8 Å². The Balaban J connectivity index is 2.60. The number of hydrogen-bond donors (Lipinski definition) is 1. The van der Waals surface area contributed by atoms with Crippen LogP contribution in [-0.4, -0.2) is 35.5 Å². The minimum atomic E-state index is -0.854. The van der Waals surface area contributed by atoms with E-state index in [1.165, 1.54) is 0 Å². The van der Waals surface area contributed by atoms with Gasteiger partial charge in [-0.05, 0) is 11.8 Å². The van der Waals surface area contributed by atoms with Crippen molar-refractivity contribution in [1.29, 1.82) is 0 Å². The van der Waals surface area contributed by atoms with Crippen molar-refractivity contribution in [3.63, 3.8) is 0 Å². The molecule has 0 aromatic carbocycles. The zero-order valence-corrected chi connectivity index (χ0v) is 10.5. The molecule has 0 bridgehead atoms. The molecule has 2 atom stereocenters. The molecule has 0 aromatic heterocycles. The van der Waals surface area contributed by atoms with Gasteiger partial charge in [-0.1, -0.05) is 27.2 Å². The van der Waals surface area contributed by atoms with Crippen molar-refractivity contribution in [2.45, 2.75) is 33.6 Å². The molecule has 1 rings (SSSR count). The molecule has 0 aromatic rings. The van der Waals surface area contributed by atoms with E-state index in [2.05, 4.69) is 6.92 Å². The summed E-state index contributed by atoms with van der Waals surface area (Å²) in [5, 5.41) is 9.00. The molecular weight excluding hydrogens is 206 g/mol. The van der Waals surface area contributed by atoms with E-state index in [-0.39, 0.29) is 17.2 Å². The van der Waals surface area contributed by atoms with Crippen LogP contribution in [0.3, 0.4) is 0 Å². The Morgan fingerprint density at radius 1 is 1.31 bits per heavy atom. The molecule has 92 valence electrons. The third-order valence-electron chi connectivity index (χ3n) is 3.58. The molecule has 0 unspecified atom stereocenters. The topological polar surface area (TPSA) is 57.6 Å². The van der Waals surface area contributed by atoms with Gasteiger partial charge in [0, 0.05) is 13.6 Å². The van der Waals surface area contributed by atoms with Crippen LogP contribution in [0.25, 0.3) is 0 Å². The van der Waals surface area contributed by atoms with Crippen LogP contribution in [0.4, 0.5) is 0 Å². The van der Waals surface area contributed by atoms with Crippen molar-refractivity contribution in [2.24, 2.45) is 17.3 Å². The number of rotatable bonds is 5. The van der Waals surface area contributed by atoms with Gasteiger partial charge >= 0.3 is 5.97 Å². The molecule has 0 heterocycles. The van der Waals surface area contributed by atoms with E-state index in [9.17, 15) is 9.59 Å². The Morgan fingerprint density at radius 2 is 1.88 bits per heavy atom. The highest BCUT2D eigenvalue weighted by atomic mass is 16.4. The summed E-state index contributed by atoms with van der Waals surface area (Å²) in [5.74, 6) is -1.73.